The van der Waals surface area contributed by atoms with Gasteiger partial charge in [-0.25, -0.2) is 0 Å². The first kappa shape index (κ1) is 18.5. The second-order valence-corrected chi connectivity index (χ2v) is 6.42. The fraction of sp³-hybridized carbons (Fsp3) is 0.611. The van der Waals surface area contributed by atoms with E-state index in [2.05, 4.69) is 5.32 Å². The molecule has 0 saturated heterocycles. The van der Waals surface area contributed by atoms with E-state index in [9.17, 15) is 4.79 Å². The van der Waals surface area contributed by atoms with Gasteiger partial charge in [0.2, 0.25) is 0 Å². The van der Waals surface area contributed by atoms with Crippen molar-refractivity contribution >= 4 is 11.6 Å². The van der Waals surface area contributed by atoms with Crippen LogP contribution < -0.4 is 10.1 Å². The number of hydrogen-bond acceptors (Lipinski definition) is 3. The highest BCUT2D eigenvalue weighted by Gasteiger charge is 2.28. The molecule has 0 aliphatic rings. The minimum absolute atomic E-state index is 0.124. The van der Waals surface area contributed by atoms with Gasteiger partial charge in [0.25, 0.3) is 5.91 Å². The molecule has 0 radical (unpaired) electrons. The van der Waals surface area contributed by atoms with Gasteiger partial charge in [0.05, 0.1) is 6.10 Å². The average molecular weight is 307 g/mol. The number of carbonyl (C=O) groups is 1. The lowest BCUT2D eigenvalue weighted by molar-refractivity contribution is -0.137. The molecule has 4 heteroatoms. The third-order valence-corrected chi connectivity index (χ3v) is 3.29. The van der Waals surface area contributed by atoms with E-state index in [1.54, 1.807) is 13.8 Å². The van der Waals surface area contributed by atoms with Crippen LogP contribution in [0.15, 0.2) is 12.1 Å². The molecular weight excluding hydrogens is 278 g/mol. The van der Waals surface area contributed by atoms with Crippen LogP contribution in [0.4, 0.5) is 5.69 Å². The molecule has 0 heterocycles. The average Bonchev–Trinajstić information content (AvgIpc) is 2.40. The van der Waals surface area contributed by atoms with Crippen molar-refractivity contribution in [3.63, 3.8) is 0 Å². The van der Waals surface area contributed by atoms with E-state index in [4.69, 9.17) is 9.47 Å². The Morgan fingerprint density at radius 2 is 1.77 bits per heavy atom. The first-order valence-corrected chi connectivity index (χ1v) is 7.90. The molecule has 1 aromatic carbocycles. The molecule has 1 amide bonds. The molecule has 0 atom stereocenters. The quantitative estimate of drug-likeness (QED) is 0.820. The molecular formula is C18H29NO3. The molecule has 0 aliphatic heterocycles. The summed E-state index contributed by atoms with van der Waals surface area (Å²) >= 11 is 0. The van der Waals surface area contributed by atoms with Gasteiger partial charge in [-0.1, -0.05) is 6.92 Å². The predicted molar refractivity (Wildman–Crippen MR) is 90.6 cm³/mol. The van der Waals surface area contributed by atoms with Gasteiger partial charge in [-0.15, -0.1) is 0 Å². The lowest BCUT2D eigenvalue weighted by atomic mass is 10.1. The molecule has 4 nitrogen and oxygen atoms in total. The lowest BCUT2D eigenvalue weighted by Crippen LogP contribution is -2.40. The van der Waals surface area contributed by atoms with Crippen LogP contribution >= 0.6 is 0 Å². The molecule has 22 heavy (non-hydrogen) atoms. The smallest absolute Gasteiger partial charge is 0.256 e. The molecule has 0 fully saturated rings. The Morgan fingerprint density at radius 1 is 1.23 bits per heavy atom. The number of hydrogen-bond donors (Lipinski definition) is 1. The Kier molecular flexibility index (Phi) is 6.42. The van der Waals surface area contributed by atoms with E-state index in [1.807, 2.05) is 46.8 Å². The van der Waals surface area contributed by atoms with Crippen LogP contribution in [0.25, 0.3) is 0 Å². The zero-order chi connectivity index (χ0) is 16.9. The van der Waals surface area contributed by atoms with Crippen molar-refractivity contribution in [3.8, 4) is 5.75 Å². The topological polar surface area (TPSA) is 47.6 Å². The van der Waals surface area contributed by atoms with Crippen LogP contribution in [0, 0.1) is 13.8 Å². The fourth-order valence-corrected chi connectivity index (χ4v) is 2.15. The summed E-state index contributed by atoms with van der Waals surface area (Å²) in [6.45, 7) is 14.1. The SMILES string of the molecule is CCCOC(C)(C)C(=O)Nc1cc(C)c(OC(C)C)c(C)c1. The molecule has 0 unspecified atom stereocenters. The summed E-state index contributed by atoms with van der Waals surface area (Å²) in [5, 5.41) is 2.93. The number of amides is 1. The van der Waals surface area contributed by atoms with Gasteiger partial charge in [0, 0.05) is 12.3 Å². The summed E-state index contributed by atoms with van der Waals surface area (Å²) in [5.74, 6) is 0.742. The number of nitrogens with one attached hydrogen (secondary N) is 1. The number of carbonyl (C=O) groups excluding carboxylic acids is 1. The van der Waals surface area contributed by atoms with Gasteiger partial charge in [-0.05, 0) is 71.2 Å². The van der Waals surface area contributed by atoms with Crippen LogP contribution in [-0.2, 0) is 9.53 Å². The number of rotatable bonds is 7. The van der Waals surface area contributed by atoms with E-state index in [1.165, 1.54) is 0 Å². The zero-order valence-electron chi connectivity index (χ0n) is 14.9. The van der Waals surface area contributed by atoms with E-state index >= 15 is 0 Å². The van der Waals surface area contributed by atoms with Crippen LogP contribution in [0.1, 0.15) is 52.2 Å². The summed E-state index contributed by atoms with van der Waals surface area (Å²) in [7, 11) is 0. The summed E-state index contributed by atoms with van der Waals surface area (Å²) in [6, 6.07) is 3.86. The molecule has 124 valence electrons. The van der Waals surface area contributed by atoms with Gasteiger partial charge in [-0.2, -0.15) is 0 Å². The second kappa shape index (κ2) is 7.63. The fourth-order valence-electron chi connectivity index (χ4n) is 2.15. The highest BCUT2D eigenvalue weighted by molar-refractivity contribution is 5.97. The Labute approximate surface area is 134 Å². The highest BCUT2D eigenvalue weighted by atomic mass is 16.5. The maximum atomic E-state index is 12.4. The van der Waals surface area contributed by atoms with E-state index in [0.29, 0.717) is 6.61 Å². The summed E-state index contributed by atoms with van der Waals surface area (Å²) < 4.78 is 11.4. The minimum atomic E-state index is -0.842. The third-order valence-electron chi connectivity index (χ3n) is 3.29. The van der Waals surface area contributed by atoms with Gasteiger partial charge >= 0.3 is 0 Å². The summed E-state index contributed by atoms with van der Waals surface area (Å²) in [4.78, 5) is 12.4. The lowest BCUT2D eigenvalue weighted by Gasteiger charge is -2.24. The molecule has 0 aliphatic carbocycles. The van der Waals surface area contributed by atoms with Gasteiger partial charge in [0.1, 0.15) is 11.4 Å². The van der Waals surface area contributed by atoms with Gasteiger partial charge in [-0.3, -0.25) is 4.79 Å². The zero-order valence-corrected chi connectivity index (χ0v) is 14.9. The molecule has 1 N–H and O–H groups in total. The number of ether oxygens (including phenoxy) is 2. The summed E-state index contributed by atoms with van der Waals surface area (Å²) in [5.41, 5.74) is 1.95. The van der Waals surface area contributed by atoms with Crippen molar-refractivity contribution in [2.24, 2.45) is 0 Å². The molecule has 0 bridgehead atoms. The Balaban J connectivity index is 2.89. The predicted octanol–water partition coefficient (Wildman–Crippen LogP) is 4.23. The molecule has 1 aromatic rings. The minimum Gasteiger partial charge on any atom is -0.490 e. The van der Waals surface area contributed by atoms with Crippen LogP contribution in [0.5, 0.6) is 5.75 Å². The maximum Gasteiger partial charge on any atom is 0.256 e. The van der Waals surface area contributed by atoms with Crippen molar-refractivity contribution in [3.05, 3.63) is 23.3 Å². The Hall–Kier alpha value is -1.55. The van der Waals surface area contributed by atoms with Crippen LogP contribution in [0.2, 0.25) is 0 Å². The van der Waals surface area contributed by atoms with E-state index in [0.717, 1.165) is 29.0 Å². The van der Waals surface area contributed by atoms with Crippen LogP contribution in [-0.4, -0.2) is 24.2 Å². The van der Waals surface area contributed by atoms with Crippen LogP contribution in [0.3, 0.4) is 0 Å². The van der Waals surface area contributed by atoms with Gasteiger partial charge < -0.3 is 14.8 Å². The van der Waals surface area contributed by atoms with Crippen molar-refractivity contribution < 1.29 is 14.3 Å². The van der Waals surface area contributed by atoms with Gasteiger partial charge in [0.15, 0.2) is 0 Å². The van der Waals surface area contributed by atoms with E-state index < -0.39 is 5.60 Å². The largest absolute Gasteiger partial charge is 0.490 e. The maximum absolute atomic E-state index is 12.4. The highest BCUT2D eigenvalue weighted by Crippen LogP contribution is 2.28. The monoisotopic (exact) mass is 307 g/mol. The van der Waals surface area contributed by atoms with Crippen molar-refractivity contribution in [2.45, 2.75) is 66.6 Å². The first-order chi connectivity index (χ1) is 10.2. The Bertz CT molecular complexity index is 498. The normalized spacial score (nSPS) is 11.6. The van der Waals surface area contributed by atoms with Crippen molar-refractivity contribution in [1.82, 2.24) is 0 Å². The van der Waals surface area contributed by atoms with E-state index in [-0.39, 0.29) is 12.0 Å². The molecule has 0 spiro atoms. The summed E-state index contributed by atoms with van der Waals surface area (Å²) in [6.07, 6.45) is 1.01. The first-order valence-electron chi connectivity index (χ1n) is 7.90. The molecule has 0 saturated carbocycles. The Morgan fingerprint density at radius 3 is 2.23 bits per heavy atom. The number of aryl methyl sites for hydroxylation is 2. The standard InChI is InChI=1S/C18H29NO3/c1-8-9-21-18(6,7)17(20)19-15-10-13(4)16(14(5)11-15)22-12(2)3/h10-12H,8-9H2,1-7H3,(H,19,20). The van der Waals surface area contributed by atoms with Crippen molar-refractivity contribution in [1.29, 1.82) is 0 Å². The number of benzene rings is 1. The van der Waals surface area contributed by atoms with Crippen molar-refractivity contribution in [2.75, 3.05) is 11.9 Å². The third kappa shape index (κ3) is 5.02. The molecule has 1 rings (SSSR count). The second-order valence-electron chi connectivity index (χ2n) is 6.42. The molecule has 0 aromatic heterocycles. The number of anilines is 1.